The van der Waals surface area contributed by atoms with Crippen molar-refractivity contribution in [3.05, 3.63) is 241 Å². The van der Waals surface area contributed by atoms with E-state index in [0.29, 0.717) is 5.82 Å². The number of rotatable bonds is 5. The first-order chi connectivity index (χ1) is 31.2. The van der Waals surface area contributed by atoms with Gasteiger partial charge in [-0.1, -0.05) is 200 Å². The average Bonchev–Trinajstić information content (AvgIpc) is 3.88. The van der Waals surface area contributed by atoms with Crippen LogP contribution in [0.5, 0.6) is 11.5 Å². The number of para-hydroxylation sites is 4. The van der Waals surface area contributed by atoms with Gasteiger partial charge in [0, 0.05) is 49.7 Å². The highest BCUT2D eigenvalue weighted by Gasteiger charge is 2.51. The summed E-state index contributed by atoms with van der Waals surface area (Å²) < 4.78 is 13.5. The lowest BCUT2D eigenvalue weighted by Crippen LogP contribution is -2.32. The second-order valence-electron chi connectivity index (χ2n) is 16.4. The third-order valence-electron chi connectivity index (χ3n) is 13.0. The Bertz CT molecular complexity index is 3560. The predicted molar refractivity (Wildman–Crippen MR) is 254 cm³/mol. The molecule has 0 unspecified atom stereocenters. The van der Waals surface area contributed by atoms with Crippen molar-refractivity contribution in [2.75, 3.05) is 0 Å². The van der Waals surface area contributed by atoms with Crippen molar-refractivity contribution < 1.29 is 9.15 Å². The van der Waals surface area contributed by atoms with Crippen LogP contribution >= 0.6 is 0 Å². The molecule has 63 heavy (non-hydrogen) atoms. The van der Waals surface area contributed by atoms with Crippen molar-refractivity contribution in [1.29, 1.82) is 0 Å². The maximum atomic E-state index is 7.10. The van der Waals surface area contributed by atoms with Gasteiger partial charge in [0.2, 0.25) is 0 Å². The molecule has 0 amide bonds. The summed E-state index contributed by atoms with van der Waals surface area (Å²) in [6.45, 7) is 0. The lowest BCUT2D eigenvalue weighted by molar-refractivity contribution is 0.438. The molecule has 3 heterocycles. The quantitative estimate of drug-likeness (QED) is 0.174. The molecule has 11 aromatic rings. The minimum absolute atomic E-state index is 0.568. The molecule has 0 bridgehead atoms. The largest absolute Gasteiger partial charge is 0.456 e. The summed E-state index contributed by atoms with van der Waals surface area (Å²) in [5.41, 5.74) is 17.2. The Morgan fingerprint density at radius 3 is 1.63 bits per heavy atom. The first-order valence-electron chi connectivity index (χ1n) is 21.4. The van der Waals surface area contributed by atoms with Crippen molar-refractivity contribution in [2.24, 2.45) is 0 Å². The fourth-order valence-corrected chi connectivity index (χ4v) is 10.3. The highest BCUT2D eigenvalue weighted by atomic mass is 16.5. The van der Waals surface area contributed by atoms with E-state index in [1.165, 1.54) is 22.3 Å². The SMILES string of the molecule is c1ccc(-c2cc(-c3ccc(-c4cccc5c4oc4ccccc45)cc3)nc(-c3ccccc3-c3cccc4c3Oc3ccccc3C43c4ccccc4-c4ccccc43)n2)cc1. The Hall–Kier alpha value is -8.34. The van der Waals surface area contributed by atoms with Gasteiger partial charge in [-0.15, -0.1) is 0 Å². The van der Waals surface area contributed by atoms with Gasteiger partial charge in [-0.05, 0) is 51.6 Å². The fraction of sp³-hybridized carbons (Fsp3) is 0.0169. The highest BCUT2D eigenvalue weighted by Crippen LogP contribution is 2.63. The normalized spacial score (nSPS) is 13.0. The van der Waals surface area contributed by atoms with E-state index in [4.69, 9.17) is 19.1 Å². The first kappa shape index (κ1) is 35.4. The number of aromatic nitrogens is 2. The third kappa shape index (κ3) is 5.28. The summed E-state index contributed by atoms with van der Waals surface area (Å²) in [7, 11) is 0. The third-order valence-corrected chi connectivity index (χ3v) is 13.0. The van der Waals surface area contributed by atoms with Gasteiger partial charge in [-0.2, -0.15) is 0 Å². The molecular weight excluding hydrogens is 769 g/mol. The van der Waals surface area contributed by atoms with Crippen molar-refractivity contribution in [2.45, 2.75) is 5.41 Å². The number of ether oxygens (including phenoxy) is 1. The van der Waals surface area contributed by atoms with Crippen LogP contribution in [0.1, 0.15) is 22.3 Å². The molecule has 4 heteroatoms. The summed E-state index contributed by atoms with van der Waals surface area (Å²) in [5.74, 6) is 2.33. The van der Waals surface area contributed by atoms with Gasteiger partial charge in [0.1, 0.15) is 22.7 Å². The molecule has 1 aliphatic carbocycles. The smallest absolute Gasteiger partial charge is 0.161 e. The van der Waals surface area contributed by atoms with Crippen molar-refractivity contribution in [3.63, 3.8) is 0 Å². The van der Waals surface area contributed by atoms with E-state index < -0.39 is 5.41 Å². The number of benzene rings is 9. The molecule has 0 saturated heterocycles. The monoisotopic (exact) mass is 804 g/mol. The molecule has 4 nitrogen and oxygen atoms in total. The second-order valence-corrected chi connectivity index (χ2v) is 16.4. The van der Waals surface area contributed by atoms with Crippen LogP contribution in [0, 0.1) is 0 Å². The zero-order valence-corrected chi connectivity index (χ0v) is 34.0. The first-order valence-corrected chi connectivity index (χ1v) is 21.4. The molecule has 9 aromatic carbocycles. The van der Waals surface area contributed by atoms with Gasteiger partial charge in [0.05, 0.1) is 16.8 Å². The van der Waals surface area contributed by atoms with Crippen LogP contribution in [0.15, 0.2) is 223 Å². The van der Waals surface area contributed by atoms with E-state index in [1.54, 1.807) is 0 Å². The Morgan fingerprint density at radius 2 is 0.873 bits per heavy atom. The fourth-order valence-electron chi connectivity index (χ4n) is 10.3. The van der Waals surface area contributed by atoms with Gasteiger partial charge in [0.15, 0.2) is 5.82 Å². The second kappa shape index (κ2) is 13.8. The number of hydrogen-bond donors (Lipinski definition) is 0. The van der Waals surface area contributed by atoms with Gasteiger partial charge >= 0.3 is 0 Å². The van der Waals surface area contributed by atoms with E-state index >= 15 is 0 Å². The maximum absolute atomic E-state index is 7.10. The van der Waals surface area contributed by atoms with E-state index in [1.807, 2.05) is 18.2 Å². The minimum atomic E-state index is -0.568. The summed E-state index contributed by atoms with van der Waals surface area (Å²) in [6, 6.07) is 76.9. The van der Waals surface area contributed by atoms with Gasteiger partial charge in [0.25, 0.3) is 0 Å². The van der Waals surface area contributed by atoms with Crippen LogP contribution in [0.25, 0.3) is 89.2 Å². The van der Waals surface area contributed by atoms with E-state index in [-0.39, 0.29) is 0 Å². The summed E-state index contributed by atoms with van der Waals surface area (Å²) in [5, 5.41) is 2.23. The number of furan rings is 1. The van der Waals surface area contributed by atoms with Crippen molar-refractivity contribution >= 4 is 21.9 Å². The van der Waals surface area contributed by atoms with Crippen LogP contribution < -0.4 is 4.74 Å². The summed E-state index contributed by atoms with van der Waals surface area (Å²) >= 11 is 0. The number of fused-ring (bicyclic) bond motifs is 12. The molecule has 1 spiro atoms. The Balaban J connectivity index is 0.979. The zero-order valence-electron chi connectivity index (χ0n) is 34.0. The molecule has 0 N–H and O–H groups in total. The molecule has 0 fully saturated rings. The highest BCUT2D eigenvalue weighted by molar-refractivity contribution is 6.09. The van der Waals surface area contributed by atoms with Crippen molar-refractivity contribution in [3.8, 4) is 78.8 Å². The van der Waals surface area contributed by atoms with Crippen LogP contribution in [-0.2, 0) is 5.41 Å². The molecule has 2 aliphatic rings. The standard InChI is InChI=1S/C59H36N2O2/c1-2-16-38(17-3-1)52-36-53(39-34-32-37(33-35-39)40-23-14-24-46-44-21-8-12-30-54(44)62-56(40)46)61-58(60-52)47-22-5-4-18-41(47)45-25-15-29-51-57(45)63-55-31-13-11-28-50(55)59(51)48-26-9-6-19-42(48)43-20-7-10-27-49(43)59/h1-36H. The summed E-state index contributed by atoms with van der Waals surface area (Å²) in [4.78, 5) is 10.7. The van der Waals surface area contributed by atoms with Crippen LogP contribution in [0.2, 0.25) is 0 Å². The molecule has 0 saturated carbocycles. The van der Waals surface area contributed by atoms with Crippen LogP contribution in [-0.4, -0.2) is 9.97 Å². The lowest BCUT2D eigenvalue weighted by Gasteiger charge is -2.40. The Labute approximate surface area is 364 Å². The average molecular weight is 805 g/mol. The predicted octanol–water partition coefficient (Wildman–Crippen LogP) is 15.2. The molecule has 2 aromatic heterocycles. The molecular formula is C59H36N2O2. The van der Waals surface area contributed by atoms with Gasteiger partial charge in [-0.25, -0.2) is 9.97 Å². The molecule has 13 rings (SSSR count). The molecule has 1 aliphatic heterocycles. The lowest BCUT2D eigenvalue weighted by atomic mass is 9.65. The van der Waals surface area contributed by atoms with Crippen LogP contribution in [0.4, 0.5) is 0 Å². The van der Waals surface area contributed by atoms with Crippen LogP contribution in [0.3, 0.4) is 0 Å². The minimum Gasteiger partial charge on any atom is -0.456 e. The number of nitrogens with zero attached hydrogens (tertiary/aromatic N) is 2. The van der Waals surface area contributed by atoms with Crippen molar-refractivity contribution in [1.82, 2.24) is 9.97 Å². The molecule has 0 radical (unpaired) electrons. The maximum Gasteiger partial charge on any atom is 0.161 e. The van der Waals surface area contributed by atoms with E-state index in [9.17, 15) is 0 Å². The topological polar surface area (TPSA) is 48.2 Å². The summed E-state index contributed by atoms with van der Waals surface area (Å²) in [6.07, 6.45) is 0. The Kier molecular flexibility index (Phi) is 7.79. The van der Waals surface area contributed by atoms with Gasteiger partial charge < -0.3 is 9.15 Å². The van der Waals surface area contributed by atoms with Gasteiger partial charge in [-0.3, -0.25) is 0 Å². The van der Waals surface area contributed by atoms with E-state index in [2.05, 4.69) is 200 Å². The molecule has 294 valence electrons. The zero-order chi connectivity index (χ0) is 41.5. The molecule has 0 atom stereocenters. The Morgan fingerprint density at radius 1 is 0.349 bits per heavy atom. The number of hydrogen-bond acceptors (Lipinski definition) is 4. The van der Waals surface area contributed by atoms with E-state index in [0.717, 1.165) is 94.9 Å².